The third-order valence-corrected chi connectivity index (χ3v) is 4.80. The predicted molar refractivity (Wildman–Crippen MR) is 109 cm³/mol. The summed E-state index contributed by atoms with van der Waals surface area (Å²) in [5.41, 5.74) is 3.90. The zero-order valence-corrected chi connectivity index (χ0v) is 16.5. The minimum atomic E-state index is -0.525. The van der Waals surface area contributed by atoms with Crippen LogP contribution in [0.2, 0.25) is 5.02 Å². The van der Waals surface area contributed by atoms with E-state index in [1.54, 1.807) is 12.1 Å². The summed E-state index contributed by atoms with van der Waals surface area (Å²) in [6, 6.07) is 18.8. The third kappa shape index (κ3) is 4.43. The van der Waals surface area contributed by atoms with Gasteiger partial charge in [-0.15, -0.1) is 0 Å². The van der Waals surface area contributed by atoms with Crippen molar-refractivity contribution in [1.82, 2.24) is 9.88 Å². The molecule has 3 aromatic rings. The number of aromatic nitrogens is 1. The smallest absolute Gasteiger partial charge is 0.340 e. The van der Waals surface area contributed by atoms with Crippen LogP contribution in [0, 0.1) is 13.8 Å². The highest BCUT2D eigenvalue weighted by atomic mass is 35.5. The van der Waals surface area contributed by atoms with Gasteiger partial charge in [-0.05, 0) is 43.7 Å². The van der Waals surface area contributed by atoms with Gasteiger partial charge >= 0.3 is 5.97 Å². The third-order valence-electron chi connectivity index (χ3n) is 4.43. The molecule has 0 unspecified atom stereocenters. The van der Waals surface area contributed by atoms with Crippen molar-refractivity contribution in [2.75, 3.05) is 6.61 Å². The van der Waals surface area contributed by atoms with E-state index in [1.165, 1.54) is 0 Å². The average Bonchev–Trinajstić information content (AvgIpc) is 3.00. The average molecular weight is 397 g/mol. The van der Waals surface area contributed by atoms with Gasteiger partial charge < -0.3 is 14.6 Å². The Kier molecular flexibility index (Phi) is 6.16. The van der Waals surface area contributed by atoms with Crippen LogP contribution < -0.4 is 5.32 Å². The second-order valence-electron chi connectivity index (χ2n) is 6.40. The van der Waals surface area contributed by atoms with Gasteiger partial charge in [-0.1, -0.05) is 48.0 Å². The van der Waals surface area contributed by atoms with Crippen molar-refractivity contribution in [3.8, 4) is 5.69 Å². The van der Waals surface area contributed by atoms with Crippen molar-refractivity contribution in [3.63, 3.8) is 0 Å². The van der Waals surface area contributed by atoms with Crippen LogP contribution in [-0.4, -0.2) is 23.1 Å². The van der Waals surface area contributed by atoms with Crippen LogP contribution in [0.25, 0.3) is 5.69 Å². The van der Waals surface area contributed by atoms with Crippen LogP contribution in [0.4, 0.5) is 0 Å². The van der Waals surface area contributed by atoms with Crippen LogP contribution in [0.1, 0.15) is 27.3 Å². The molecule has 0 bridgehead atoms. The number of rotatable bonds is 6. The molecule has 28 heavy (non-hydrogen) atoms. The Balaban J connectivity index is 1.61. The number of halogens is 1. The molecule has 0 aliphatic rings. The number of esters is 1. The number of hydrogen-bond donors (Lipinski definition) is 1. The second-order valence-corrected chi connectivity index (χ2v) is 6.81. The summed E-state index contributed by atoms with van der Waals surface area (Å²) in [6.45, 7) is 3.71. The lowest BCUT2D eigenvalue weighted by atomic mass is 10.2. The maximum atomic E-state index is 12.5. The molecule has 5 nitrogen and oxygen atoms in total. The fourth-order valence-corrected chi connectivity index (χ4v) is 3.24. The first-order valence-corrected chi connectivity index (χ1v) is 9.26. The van der Waals surface area contributed by atoms with Gasteiger partial charge in [0, 0.05) is 28.6 Å². The number of ether oxygens (including phenoxy) is 1. The largest absolute Gasteiger partial charge is 0.452 e. The Morgan fingerprint density at radius 3 is 2.43 bits per heavy atom. The molecule has 0 aliphatic heterocycles. The van der Waals surface area contributed by atoms with Crippen LogP contribution in [-0.2, 0) is 16.1 Å². The molecule has 0 fully saturated rings. The number of benzene rings is 2. The molecule has 0 spiro atoms. The number of carbonyl (C=O) groups is 2. The fourth-order valence-electron chi connectivity index (χ4n) is 3.04. The topological polar surface area (TPSA) is 60.3 Å². The van der Waals surface area contributed by atoms with Crippen molar-refractivity contribution in [3.05, 3.63) is 88.2 Å². The van der Waals surface area contributed by atoms with E-state index in [2.05, 4.69) is 5.32 Å². The first-order valence-electron chi connectivity index (χ1n) is 8.89. The number of hydrogen-bond acceptors (Lipinski definition) is 3. The zero-order valence-electron chi connectivity index (χ0n) is 15.7. The quantitative estimate of drug-likeness (QED) is 0.634. The Labute approximate surface area is 168 Å². The molecule has 0 saturated heterocycles. The van der Waals surface area contributed by atoms with E-state index in [0.717, 1.165) is 22.6 Å². The molecule has 144 valence electrons. The lowest BCUT2D eigenvalue weighted by molar-refractivity contribution is -0.124. The van der Waals surface area contributed by atoms with Crippen molar-refractivity contribution in [2.24, 2.45) is 0 Å². The van der Waals surface area contributed by atoms with E-state index in [4.69, 9.17) is 16.3 Å². The van der Waals surface area contributed by atoms with Crippen LogP contribution in [0.5, 0.6) is 0 Å². The minimum absolute atomic E-state index is 0.276. The van der Waals surface area contributed by atoms with Crippen molar-refractivity contribution >= 4 is 23.5 Å². The van der Waals surface area contributed by atoms with Gasteiger partial charge in [-0.3, -0.25) is 4.79 Å². The number of para-hydroxylation sites is 1. The molecule has 1 amide bonds. The normalized spacial score (nSPS) is 10.5. The summed E-state index contributed by atoms with van der Waals surface area (Å²) in [7, 11) is 0. The molecule has 2 aromatic carbocycles. The van der Waals surface area contributed by atoms with Gasteiger partial charge in [0.25, 0.3) is 5.91 Å². The minimum Gasteiger partial charge on any atom is -0.452 e. The van der Waals surface area contributed by atoms with Gasteiger partial charge in [0.05, 0.1) is 5.56 Å². The Bertz CT molecular complexity index is 996. The number of carbonyl (C=O) groups excluding carboxylic acids is 2. The molecule has 6 heteroatoms. The van der Waals surface area contributed by atoms with Crippen LogP contribution >= 0.6 is 11.6 Å². The van der Waals surface area contributed by atoms with E-state index < -0.39 is 5.97 Å². The Hall–Kier alpha value is -3.05. The summed E-state index contributed by atoms with van der Waals surface area (Å²) in [6.07, 6.45) is 0. The molecule has 1 N–H and O–H groups in total. The first-order chi connectivity index (χ1) is 13.5. The number of aryl methyl sites for hydroxylation is 1. The summed E-state index contributed by atoms with van der Waals surface area (Å²) < 4.78 is 7.18. The van der Waals surface area contributed by atoms with Gasteiger partial charge in [0.2, 0.25) is 0 Å². The lowest BCUT2D eigenvalue weighted by Gasteiger charge is -2.10. The highest BCUT2D eigenvalue weighted by Crippen LogP contribution is 2.21. The summed E-state index contributed by atoms with van der Waals surface area (Å²) in [4.78, 5) is 24.5. The van der Waals surface area contributed by atoms with Crippen molar-refractivity contribution in [2.45, 2.75) is 20.4 Å². The predicted octanol–water partition coefficient (Wildman–Crippen LogP) is 4.22. The SMILES string of the molecule is Cc1cc(C(=O)OCC(=O)NCc2ccccc2Cl)c(C)n1-c1ccccc1. The van der Waals surface area contributed by atoms with Crippen LogP contribution in [0.3, 0.4) is 0 Å². The molecule has 0 aliphatic carbocycles. The second kappa shape index (κ2) is 8.76. The maximum Gasteiger partial charge on any atom is 0.340 e. The molecule has 1 aromatic heterocycles. The molecule has 1 heterocycles. The summed E-state index contributed by atoms with van der Waals surface area (Å²) in [5, 5.41) is 3.27. The molecule has 0 radical (unpaired) electrons. The van der Waals surface area contributed by atoms with Crippen LogP contribution in [0.15, 0.2) is 60.7 Å². The zero-order chi connectivity index (χ0) is 20.1. The van der Waals surface area contributed by atoms with E-state index >= 15 is 0 Å². The number of nitrogens with zero attached hydrogens (tertiary/aromatic N) is 1. The van der Waals surface area contributed by atoms with Crippen molar-refractivity contribution in [1.29, 1.82) is 0 Å². The molecule has 0 saturated carbocycles. The molecule has 0 atom stereocenters. The first kappa shape index (κ1) is 19.7. The molecular weight excluding hydrogens is 376 g/mol. The van der Waals surface area contributed by atoms with E-state index in [0.29, 0.717) is 10.6 Å². The van der Waals surface area contributed by atoms with E-state index in [-0.39, 0.29) is 19.1 Å². The summed E-state index contributed by atoms with van der Waals surface area (Å²) >= 11 is 6.06. The highest BCUT2D eigenvalue weighted by Gasteiger charge is 2.18. The van der Waals surface area contributed by atoms with Gasteiger partial charge in [0.1, 0.15) is 0 Å². The molecular formula is C22H21ClN2O3. The number of nitrogens with one attached hydrogen (secondary N) is 1. The molecule has 3 rings (SSSR count). The van der Waals surface area contributed by atoms with E-state index in [9.17, 15) is 9.59 Å². The van der Waals surface area contributed by atoms with Gasteiger partial charge in [0.15, 0.2) is 6.61 Å². The maximum absolute atomic E-state index is 12.5. The van der Waals surface area contributed by atoms with E-state index in [1.807, 2.05) is 66.9 Å². The Morgan fingerprint density at radius 2 is 1.71 bits per heavy atom. The monoisotopic (exact) mass is 396 g/mol. The van der Waals surface area contributed by atoms with Crippen molar-refractivity contribution < 1.29 is 14.3 Å². The highest BCUT2D eigenvalue weighted by molar-refractivity contribution is 6.31. The lowest BCUT2D eigenvalue weighted by Crippen LogP contribution is -2.28. The van der Waals surface area contributed by atoms with Gasteiger partial charge in [-0.25, -0.2) is 4.79 Å². The van der Waals surface area contributed by atoms with Gasteiger partial charge in [-0.2, -0.15) is 0 Å². The number of amides is 1. The summed E-state index contributed by atoms with van der Waals surface area (Å²) in [5.74, 6) is -0.909. The standard InChI is InChI=1S/C22H21ClN2O3/c1-15-12-19(16(2)25(15)18-9-4-3-5-10-18)22(27)28-14-21(26)24-13-17-8-6-7-11-20(17)23/h3-12H,13-14H2,1-2H3,(H,24,26). The Morgan fingerprint density at radius 1 is 1.04 bits per heavy atom. The fraction of sp³-hybridized carbons (Fsp3) is 0.182.